The predicted molar refractivity (Wildman–Crippen MR) is 106 cm³/mol. The number of hydrogen-bond acceptors (Lipinski definition) is 5. The van der Waals surface area contributed by atoms with Crippen molar-refractivity contribution in [1.82, 2.24) is 24.4 Å². The van der Waals surface area contributed by atoms with Crippen molar-refractivity contribution in [2.45, 2.75) is 63.1 Å². The first kappa shape index (κ1) is 17.6. The standard InChI is InChI=1S/C21H28N6O/c28-20(25-11-6-17(7-12-25)26-13-10-22-15-26)19-14-16-4-1-2-5-18(16)27(19)21-23-8-3-9-24-21/h3,8-10,13,15-19H,1-2,4-7,11-12,14H2/t16-,18+,19+/m1/s1. The van der Waals surface area contributed by atoms with Crippen LogP contribution in [-0.4, -0.2) is 55.5 Å². The third-order valence-electron chi connectivity index (χ3n) is 6.88. The molecular formula is C21H28N6O. The molecule has 2 aromatic rings. The second-order valence-corrected chi connectivity index (χ2v) is 8.39. The van der Waals surface area contributed by atoms with Crippen LogP contribution in [0.2, 0.25) is 0 Å². The van der Waals surface area contributed by atoms with E-state index in [2.05, 4.69) is 29.3 Å². The molecule has 1 aliphatic carbocycles. The maximum atomic E-state index is 13.5. The number of amides is 1. The fourth-order valence-electron chi connectivity index (χ4n) is 5.47. The van der Waals surface area contributed by atoms with Crippen molar-refractivity contribution in [2.75, 3.05) is 18.0 Å². The molecule has 0 aromatic carbocycles. The Hall–Kier alpha value is -2.44. The number of carbonyl (C=O) groups excluding carboxylic acids is 1. The molecule has 1 amide bonds. The maximum Gasteiger partial charge on any atom is 0.245 e. The van der Waals surface area contributed by atoms with Gasteiger partial charge in [0.2, 0.25) is 11.9 Å². The van der Waals surface area contributed by atoms with Crippen molar-refractivity contribution in [1.29, 1.82) is 0 Å². The van der Waals surface area contributed by atoms with E-state index >= 15 is 0 Å². The molecule has 7 nitrogen and oxygen atoms in total. The summed E-state index contributed by atoms with van der Waals surface area (Å²) in [5, 5.41) is 0. The smallest absolute Gasteiger partial charge is 0.245 e. The molecule has 148 valence electrons. The Kier molecular flexibility index (Phi) is 4.74. The minimum atomic E-state index is -0.111. The molecule has 7 heteroatoms. The molecule has 3 fully saturated rings. The zero-order chi connectivity index (χ0) is 18.9. The number of rotatable bonds is 3. The van der Waals surface area contributed by atoms with Crippen molar-refractivity contribution in [3.05, 3.63) is 37.2 Å². The Morgan fingerprint density at radius 1 is 1.00 bits per heavy atom. The van der Waals surface area contributed by atoms with Gasteiger partial charge in [0.15, 0.2) is 0 Å². The summed E-state index contributed by atoms with van der Waals surface area (Å²) in [5.74, 6) is 1.59. The van der Waals surface area contributed by atoms with Gasteiger partial charge in [0.25, 0.3) is 0 Å². The van der Waals surface area contributed by atoms with E-state index in [9.17, 15) is 4.79 Å². The Balaban J connectivity index is 1.33. The lowest BCUT2D eigenvalue weighted by Gasteiger charge is -2.37. The second-order valence-electron chi connectivity index (χ2n) is 8.39. The van der Waals surface area contributed by atoms with E-state index in [1.165, 1.54) is 19.3 Å². The van der Waals surface area contributed by atoms with Gasteiger partial charge < -0.3 is 14.4 Å². The van der Waals surface area contributed by atoms with Gasteiger partial charge in [-0.25, -0.2) is 15.0 Å². The Labute approximate surface area is 165 Å². The van der Waals surface area contributed by atoms with Crippen LogP contribution in [0.4, 0.5) is 5.95 Å². The van der Waals surface area contributed by atoms with Gasteiger partial charge in [-0.1, -0.05) is 12.8 Å². The maximum absolute atomic E-state index is 13.5. The molecule has 2 aromatic heterocycles. The number of imidazole rings is 1. The third-order valence-corrected chi connectivity index (χ3v) is 6.88. The molecule has 0 radical (unpaired) electrons. The first-order valence-electron chi connectivity index (χ1n) is 10.6. The molecule has 5 rings (SSSR count). The molecule has 3 aliphatic rings. The summed E-state index contributed by atoms with van der Waals surface area (Å²) in [6.07, 6.45) is 17.1. The average molecular weight is 380 g/mol. The Bertz CT molecular complexity index is 786. The van der Waals surface area contributed by atoms with E-state index in [1.807, 2.05) is 24.8 Å². The first-order valence-corrected chi connectivity index (χ1v) is 10.6. The van der Waals surface area contributed by atoms with Crippen LogP contribution in [0.1, 0.15) is 51.0 Å². The Morgan fingerprint density at radius 3 is 2.54 bits per heavy atom. The van der Waals surface area contributed by atoms with E-state index in [0.717, 1.165) is 44.7 Å². The highest BCUT2D eigenvalue weighted by molar-refractivity contribution is 5.86. The summed E-state index contributed by atoms with van der Waals surface area (Å²) in [5.41, 5.74) is 0. The van der Waals surface area contributed by atoms with Gasteiger partial charge >= 0.3 is 0 Å². The van der Waals surface area contributed by atoms with Crippen molar-refractivity contribution in [3.63, 3.8) is 0 Å². The number of carbonyl (C=O) groups is 1. The molecule has 0 unspecified atom stereocenters. The van der Waals surface area contributed by atoms with Crippen molar-refractivity contribution >= 4 is 11.9 Å². The van der Waals surface area contributed by atoms with Gasteiger partial charge in [-0.15, -0.1) is 0 Å². The van der Waals surface area contributed by atoms with Crippen molar-refractivity contribution in [3.8, 4) is 0 Å². The average Bonchev–Trinajstić information content (AvgIpc) is 3.42. The molecule has 2 aliphatic heterocycles. The highest BCUT2D eigenvalue weighted by Gasteiger charge is 2.47. The molecule has 0 N–H and O–H groups in total. The van der Waals surface area contributed by atoms with Crippen LogP contribution in [0, 0.1) is 5.92 Å². The molecule has 0 spiro atoms. The number of nitrogens with zero attached hydrogens (tertiary/aromatic N) is 6. The molecule has 3 atom stereocenters. The number of aromatic nitrogens is 4. The zero-order valence-corrected chi connectivity index (χ0v) is 16.2. The summed E-state index contributed by atoms with van der Waals surface area (Å²) < 4.78 is 2.18. The van der Waals surface area contributed by atoms with E-state index in [1.54, 1.807) is 12.4 Å². The van der Waals surface area contributed by atoms with E-state index in [4.69, 9.17) is 0 Å². The minimum Gasteiger partial charge on any atom is -0.341 e. The summed E-state index contributed by atoms with van der Waals surface area (Å²) >= 11 is 0. The molecule has 2 saturated heterocycles. The van der Waals surface area contributed by atoms with Gasteiger partial charge in [-0.2, -0.15) is 0 Å². The van der Waals surface area contributed by atoms with Crippen molar-refractivity contribution in [2.24, 2.45) is 5.92 Å². The third kappa shape index (κ3) is 3.16. The molecular weight excluding hydrogens is 352 g/mol. The van der Waals surface area contributed by atoms with Gasteiger partial charge in [0.05, 0.1) is 6.33 Å². The SMILES string of the molecule is O=C([C@@H]1C[C@H]2CCCC[C@@H]2N1c1ncccn1)N1CCC(n2ccnc2)CC1. The predicted octanol–water partition coefficient (Wildman–Crippen LogP) is 2.67. The molecule has 0 bridgehead atoms. The fourth-order valence-corrected chi connectivity index (χ4v) is 5.47. The van der Waals surface area contributed by atoms with Gasteiger partial charge in [-0.05, 0) is 44.1 Å². The summed E-state index contributed by atoms with van der Waals surface area (Å²) in [6, 6.07) is 2.59. The number of piperidine rings is 1. The van der Waals surface area contributed by atoms with Gasteiger partial charge in [0.1, 0.15) is 6.04 Å². The normalized spacial score (nSPS) is 28.4. The first-order chi connectivity index (χ1) is 13.8. The molecule has 4 heterocycles. The number of anilines is 1. The molecule has 1 saturated carbocycles. The summed E-state index contributed by atoms with van der Waals surface area (Å²) in [7, 11) is 0. The lowest BCUT2D eigenvalue weighted by molar-refractivity contribution is -0.133. The highest BCUT2D eigenvalue weighted by atomic mass is 16.2. The van der Waals surface area contributed by atoms with E-state index < -0.39 is 0 Å². The van der Waals surface area contributed by atoms with Crippen molar-refractivity contribution < 1.29 is 4.79 Å². The summed E-state index contributed by atoms with van der Waals surface area (Å²) in [6.45, 7) is 1.63. The topological polar surface area (TPSA) is 67.2 Å². The van der Waals surface area contributed by atoms with Gasteiger partial charge in [0, 0.05) is 50.0 Å². The largest absolute Gasteiger partial charge is 0.341 e. The van der Waals surface area contributed by atoms with Crippen LogP contribution in [0.5, 0.6) is 0 Å². The fraction of sp³-hybridized carbons (Fsp3) is 0.619. The lowest BCUT2D eigenvalue weighted by Crippen LogP contribution is -2.51. The van der Waals surface area contributed by atoms with Crippen LogP contribution in [0.3, 0.4) is 0 Å². The minimum absolute atomic E-state index is 0.111. The van der Waals surface area contributed by atoms with Crippen LogP contribution < -0.4 is 4.90 Å². The van der Waals surface area contributed by atoms with Gasteiger partial charge in [-0.3, -0.25) is 4.79 Å². The monoisotopic (exact) mass is 380 g/mol. The second kappa shape index (κ2) is 7.53. The highest BCUT2D eigenvalue weighted by Crippen LogP contribution is 2.42. The van der Waals surface area contributed by atoms with E-state index in [0.29, 0.717) is 18.0 Å². The zero-order valence-electron chi connectivity index (χ0n) is 16.2. The van der Waals surface area contributed by atoms with Crippen LogP contribution >= 0.6 is 0 Å². The quantitative estimate of drug-likeness (QED) is 0.819. The summed E-state index contributed by atoms with van der Waals surface area (Å²) in [4.78, 5) is 31.0. The number of hydrogen-bond donors (Lipinski definition) is 0. The Morgan fingerprint density at radius 2 is 1.79 bits per heavy atom. The lowest BCUT2D eigenvalue weighted by atomic mass is 9.84. The van der Waals surface area contributed by atoms with E-state index in [-0.39, 0.29) is 11.9 Å². The van der Waals surface area contributed by atoms with Crippen LogP contribution in [0.15, 0.2) is 37.2 Å². The number of fused-ring (bicyclic) bond motifs is 1. The molecule has 28 heavy (non-hydrogen) atoms. The van der Waals surface area contributed by atoms with Crippen LogP contribution in [0.25, 0.3) is 0 Å². The van der Waals surface area contributed by atoms with Crippen LogP contribution in [-0.2, 0) is 4.79 Å². The number of likely N-dealkylation sites (tertiary alicyclic amines) is 1.